The van der Waals surface area contributed by atoms with Gasteiger partial charge < -0.3 is 14.2 Å². The first-order valence-electron chi connectivity index (χ1n) is 7.67. The van der Waals surface area contributed by atoms with Crippen LogP contribution in [0.1, 0.15) is 15.9 Å². The average molecular weight is 351 g/mol. The Kier molecular flexibility index (Phi) is 6.52. The van der Waals surface area contributed by atoms with Gasteiger partial charge in [0.1, 0.15) is 23.1 Å². The molecule has 6 heteroatoms. The van der Waals surface area contributed by atoms with Gasteiger partial charge in [0.15, 0.2) is 12.4 Å². The molecule has 0 atom stereocenters. The molecule has 2 aromatic carbocycles. The smallest absolute Gasteiger partial charge is 0.349 e. The van der Waals surface area contributed by atoms with E-state index in [0.717, 1.165) is 0 Å². The van der Waals surface area contributed by atoms with Crippen molar-refractivity contribution in [3.63, 3.8) is 0 Å². The van der Waals surface area contributed by atoms with E-state index in [1.165, 1.54) is 13.2 Å². The highest BCUT2D eigenvalue weighted by Gasteiger charge is 2.14. The molecule has 0 aromatic heterocycles. The van der Waals surface area contributed by atoms with Crippen LogP contribution < -0.4 is 9.47 Å². The zero-order valence-electron chi connectivity index (χ0n) is 14.4. The zero-order valence-corrected chi connectivity index (χ0v) is 14.4. The molecule has 0 saturated heterocycles. The van der Waals surface area contributed by atoms with Crippen LogP contribution in [-0.2, 0) is 9.53 Å². The van der Waals surface area contributed by atoms with Gasteiger partial charge >= 0.3 is 5.97 Å². The summed E-state index contributed by atoms with van der Waals surface area (Å²) >= 11 is 0. The minimum absolute atomic E-state index is 0.197. The Labute approximate surface area is 151 Å². The number of Topliss-reactive ketones (excluding diaryl/α,β-unsaturated/α-hetero) is 1. The molecule has 0 N–H and O–H groups in total. The molecule has 2 rings (SSSR count). The number of nitriles is 1. The molecule has 0 unspecified atom stereocenters. The number of carbonyl (C=O) groups is 2. The van der Waals surface area contributed by atoms with E-state index in [-0.39, 0.29) is 11.4 Å². The first-order chi connectivity index (χ1) is 12.6. The zero-order chi connectivity index (χ0) is 18.9. The molecule has 0 aliphatic rings. The Morgan fingerprint density at radius 3 is 2.00 bits per heavy atom. The SMILES string of the molecule is COc1ccc(/C=C(\C#N)C(=O)OCC(=O)c2ccc(OC)cc2)cc1. The molecular weight excluding hydrogens is 334 g/mol. The first kappa shape index (κ1) is 18.7. The third-order valence-corrected chi connectivity index (χ3v) is 3.51. The highest BCUT2D eigenvalue weighted by Crippen LogP contribution is 2.15. The van der Waals surface area contributed by atoms with Crippen LogP contribution in [0, 0.1) is 11.3 Å². The van der Waals surface area contributed by atoms with Crippen molar-refractivity contribution in [1.29, 1.82) is 5.26 Å². The quantitative estimate of drug-likeness (QED) is 0.330. The van der Waals surface area contributed by atoms with E-state index in [1.807, 2.05) is 0 Å². The maximum absolute atomic E-state index is 12.1. The second-order valence-corrected chi connectivity index (χ2v) is 5.17. The van der Waals surface area contributed by atoms with E-state index in [1.54, 1.807) is 61.7 Å². The van der Waals surface area contributed by atoms with Crippen molar-refractivity contribution in [3.8, 4) is 17.6 Å². The van der Waals surface area contributed by atoms with Crippen molar-refractivity contribution in [2.75, 3.05) is 20.8 Å². The minimum atomic E-state index is -0.856. The van der Waals surface area contributed by atoms with Gasteiger partial charge in [-0.15, -0.1) is 0 Å². The van der Waals surface area contributed by atoms with Crippen LogP contribution in [0.4, 0.5) is 0 Å². The van der Waals surface area contributed by atoms with Gasteiger partial charge in [-0.1, -0.05) is 12.1 Å². The summed E-state index contributed by atoms with van der Waals surface area (Å²) in [5, 5.41) is 9.16. The van der Waals surface area contributed by atoms with Gasteiger partial charge in [-0.3, -0.25) is 4.79 Å². The Bertz CT molecular complexity index is 845. The van der Waals surface area contributed by atoms with E-state index >= 15 is 0 Å². The lowest BCUT2D eigenvalue weighted by molar-refractivity contribution is -0.137. The summed E-state index contributed by atoms with van der Waals surface area (Å²) in [4.78, 5) is 24.1. The first-order valence-corrected chi connectivity index (χ1v) is 7.67. The van der Waals surface area contributed by atoms with Crippen LogP contribution in [0.25, 0.3) is 6.08 Å². The summed E-state index contributed by atoms with van der Waals surface area (Å²) in [7, 11) is 3.07. The van der Waals surface area contributed by atoms with Crippen LogP contribution in [0.5, 0.6) is 11.5 Å². The summed E-state index contributed by atoms with van der Waals surface area (Å²) in [5.74, 6) is 0.0500. The van der Waals surface area contributed by atoms with E-state index in [4.69, 9.17) is 19.5 Å². The topological polar surface area (TPSA) is 85.6 Å². The Hall–Kier alpha value is -3.59. The third kappa shape index (κ3) is 4.95. The lowest BCUT2D eigenvalue weighted by atomic mass is 10.1. The predicted molar refractivity (Wildman–Crippen MR) is 94.9 cm³/mol. The van der Waals surface area contributed by atoms with Crippen LogP contribution >= 0.6 is 0 Å². The molecule has 0 bridgehead atoms. The Balaban J connectivity index is 2.00. The van der Waals surface area contributed by atoms with Crippen molar-refractivity contribution < 1.29 is 23.8 Å². The summed E-state index contributed by atoms with van der Waals surface area (Å²) in [5.41, 5.74) is 0.828. The maximum Gasteiger partial charge on any atom is 0.349 e. The standard InChI is InChI=1S/C20H17NO5/c1-24-17-7-3-14(4-8-17)11-16(12-21)20(23)26-13-19(22)15-5-9-18(25-2)10-6-15/h3-11H,13H2,1-2H3/b16-11+. The van der Waals surface area contributed by atoms with Crippen LogP contribution in [-0.4, -0.2) is 32.6 Å². The lowest BCUT2D eigenvalue weighted by Gasteiger charge is -2.05. The van der Waals surface area contributed by atoms with E-state index in [2.05, 4.69) is 0 Å². The second-order valence-electron chi connectivity index (χ2n) is 5.17. The molecule has 0 spiro atoms. The number of esters is 1. The fourth-order valence-corrected chi connectivity index (χ4v) is 2.07. The van der Waals surface area contributed by atoms with Crippen molar-refractivity contribution >= 4 is 17.8 Å². The Morgan fingerprint density at radius 2 is 1.50 bits per heavy atom. The van der Waals surface area contributed by atoms with Gasteiger partial charge in [-0.05, 0) is 48.0 Å². The molecular formula is C20H17NO5. The molecule has 0 fully saturated rings. The summed E-state index contributed by atoms with van der Waals surface area (Å²) in [6, 6.07) is 15.0. The molecule has 132 valence electrons. The number of rotatable bonds is 7. The van der Waals surface area contributed by atoms with Crippen LogP contribution in [0.2, 0.25) is 0 Å². The summed E-state index contributed by atoms with van der Waals surface area (Å²) < 4.78 is 15.0. The molecule has 0 heterocycles. The van der Waals surface area contributed by atoms with Crippen LogP contribution in [0.3, 0.4) is 0 Å². The third-order valence-electron chi connectivity index (χ3n) is 3.51. The molecule has 0 amide bonds. The fraction of sp³-hybridized carbons (Fsp3) is 0.150. The highest BCUT2D eigenvalue weighted by atomic mass is 16.5. The van der Waals surface area contributed by atoms with Gasteiger partial charge in [0.2, 0.25) is 0 Å². The molecule has 0 radical (unpaired) electrons. The molecule has 0 saturated carbocycles. The lowest BCUT2D eigenvalue weighted by Crippen LogP contribution is -2.15. The molecule has 2 aromatic rings. The van der Waals surface area contributed by atoms with Gasteiger partial charge in [0, 0.05) is 5.56 Å². The average Bonchev–Trinajstić information content (AvgIpc) is 2.70. The predicted octanol–water partition coefficient (Wildman–Crippen LogP) is 3.04. The number of hydrogen-bond acceptors (Lipinski definition) is 6. The number of benzene rings is 2. The van der Waals surface area contributed by atoms with Crippen molar-refractivity contribution in [2.24, 2.45) is 0 Å². The fourth-order valence-electron chi connectivity index (χ4n) is 2.07. The van der Waals surface area contributed by atoms with Gasteiger partial charge in [-0.2, -0.15) is 5.26 Å². The monoisotopic (exact) mass is 351 g/mol. The number of ketones is 1. The van der Waals surface area contributed by atoms with Crippen LogP contribution in [0.15, 0.2) is 54.1 Å². The maximum atomic E-state index is 12.1. The van der Waals surface area contributed by atoms with E-state index < -0.39 is 12.6 Å². The minimum Gasteiger partial charge on any atom is -0.497 e. The van der Waals surface area contributed by atoms with Gasteiger partial charge in [-0.25, -0.2) is 4.79 Å². The van der Waals surface area contributed by atoms with Crippen molar-refractivity contribution in [3.05, 3.63) is 65.2 Å². The number of methoxy groups -OCH3 is 2. The van der Waals surface area contributed by atoms with Crippen molar-refractivity contribution in [2.45, 2.75) is 0 Å². The number of ether oxygens (including phenoxy) is 3. The van der Waals surface area contributed by atoms with Gasteiger partial charge in [0.25, 0.3) is 0 Å². The molecule has 6 nitrogen and oxygen atoms in total. The van der Waals surface area contributed by atoms with Crippen molar-refractivity contribution in [1.82, 2.24) is 0 Å². The molecule has 26 heavy (non-hydrogen) atoms. The normalized spacial score (nSPS) is 10.6. The van der Waals surface area contributed by atoms with Gasteiger partial charge in [0.05, 0.1) is 14.2 Å². The number of carbonyl (C=O) groups excluding carboxylic acids is 2. The summed E-state index contributed by atoms with van der Waals surface area (Å²) in [6.07, 6.45) is 1.39. The number of hydrogen-bond donors (Lipinski definition) is 0. The largest absolute Gasteiger partial charge is 0.497 e. The van der Waals surface area contributed by atoms with E-state index in [9.17, 15) is 9.59 Å². The highest BCUT2D eigenvalue weighted by molar-refractivity contribution is 6.01. The second kappa shape index (κ2) is 9.04. The Morgan fingerprint density at radius 1 is 0.962 bits per heavy atom. The molecule has 0 aliphatic heterocycles. The van der Waals surface area contributed by atoms with E-state index in [0.29, 0.717) is 22.6 Å². The molecule has 0 aliphatic carbocycles. The number of nitrogens with zero attached hydrogens (tertiary/aromatic N) is 1. The summed E-state index contributed by atoms with van der Waals surface area (Å²) in [6.45, 7) is -0.452.